The van der Waals surface area contributed by atoms with Crippen molar-refractivity contribution in [2.24, 2.45) is 0 Å². The van der Waals surface area contributed by atoms with Crippen molar-refractivity contribution in [3.63, 3.8) is 0 Å². The minimum Gasteiger partial charge on any atom is -0.493 e. The van der Waals surface area contributed by atoms with Gasteiger partial charge >= 0.3 is 0 Å². The molecular formula is C14H23NO7S2. The molecule has 1 aromatic carbocycles. The molecule has 0 spiro atoms. The second kappa shape index (κ2) is 8.65. The van der Waals surface area contributed by atoms with Crippen LogP contribution in [0, 0.1) is 0 Å². The number of ether oxygens (including phenoxy) is 2. The molecule has 138 valence electrons. The second-order valence-corrected chi connectivity index (χ2v) is 8.95. The maximum absolute atomic E-state index is 12.5. The Balaban J connectivity index is 2.70. The van der Waals surface area contributed by atoms with Crippen molar-refractivity contribution in [2.75, 3.05) is 33.6 Å². The van der Waals surface area contributed by atoms with E-state index in [9.17, 15) is 16.8 Å². The molecule has 0 aliphatic rings. The lowest BCUT2D eigenvalue weighted by Crippen LogP contribution is -2.35. The van der Waals surface area contributed by atoms with Gasteiger partial charge < -0.3 is 14.8 Å². The molecule has 0 aliphatic carbocycles. The molecule has 1 rings (SSSR count). The van der Waals surface area contributed by atoms with Crippen molar-refractivity contribution in [1.29, 1.82) is 0 Å². The van der Waals surface area contributed by atoms with Crippen LogP contribution in [-0.2, 0) is 24.1 Å². The van der Waals surface area contributed by atoms with Gasteiger partial charge in [0.15, 0.2) is 21.3 Å². The minimum atomic E-state index is -3.62. The molecule has 10 heteroatoms. The highest BCUT2D eigenvalue weighted by Gasteiger charge is 2.24. The van der Waals surface area contributed by atoms with Crippen LogP contribution >= 0.6 is 0 Å². The van der Waals surface area contributed by atoms with Gasteiger partial charge in [-0.15, -0.1) is 0 Å². The molecule has 1 atom stereocenters. The first-order chi connectivity index (χ1) is 11.1. The van der Waals surface area contributed by atoms with Gasteiger partial charge in [0.1, 0.15) is 5.37 Å². The molecule has 0 saturated carbocycles. The fraction of sp³-hybridized carbons (Fsp3) is 0.571. The summed E-state index contributed by atoms with van der Waals surface area (Å²) in [5.74, 6) is 0.766. The summed E-state index contributed by atoms with van der Waals surface area (Å²) in [6, 6.07) is 4.37. The largest absolute Gasteiger partial charge is 0.493 e. The first-order valence-electron chi connectivity index (χ1n) is 7.15. The van der Waals surface area contributed by atoms with E-state index < -0.39 is 25.3 Å². The normalized spacial score (nSPS) is 13.5. The molecule has 0 fully saturated rings. The lowest BCUT2D eigenvalue weighted by Gasteiger charge is -2.16. The van der Waals surface area contributed by atoms with Crippen molar-refractivity contribution in [3.05, 3.63) is 18.2 Å². The van der Waals surface area contributed by atoms with Gasteiger partial charge in [0.2, 0.25) is 0 Å². The fourth-order valence-corrected chi connectivity index (χ4v) is 3.59. The van der Waals surface area contributed by atoms with E-state index in [2.05, 4.69) is 9.50 Å². The molecule has 0 heterocycles. The third-order valence-electron chi connectivity index (χ3n) is 3.20. The number of nitrogens with one attached hydrogen (secondary N) is 1. The van der Waals surface area contributed by atoms with Gasteiger partial charge in [0.25, 0.3) is 10.1 Å². The molecule has 24 heavy (non-hydrogen) atoms. The Labute approximate surface area is 143 Å². The van der Waals surface area contributed by atoms with Gasteiger partial charge in [0, 0.05) is 6.07 Å². The number of rotatable bonds is 10. The van der Waals surface area contributed by atoms with Crippen molar-refractivity contribution >= 4 is 20.0 Å². The SMILES string of the molecule is COc1ccc(S(=O)(=O)C(C)NCCCOS(C)(=O)=O)cc1OC. The van der Waals surface area contributed by atoms with E-state index in [4.69, 9.17) is 9.47 Å². The predicted octanol–water partition coefficient (Wildman–Crippen LogP) is 0.779. The highest BCUT2D eigenvalue weighted by Crippen LogP contribution is 2.30. The van der Waals surface area contributed by atoms with E-state index >= 15 is 0 Å². The summed E-state index contributed by atoms with van der Waals surface area (Å²) in [7, 11) is -4.20. The van der Waals surface area contributed by atoms with E-state index in [1.807, 2.05) is 0 Å². The average Bonchev–Trinajstić information content (AvgIpc) is 2.52. The molecule has 1 unspecified atom stereocenters. The molecule has 0 aliphatic heterocycles. The minimum absolute atomic E-state index is 0.00500. The monoisotopic (exact) mass is 381 g/mol. The molecule has 1 N–H and O–H groups in total. The summed E-state index contributed by atoms with van der Waals surface area (Å²) >= 11 is 0. The van der Waals surface area contributed by atoms with Crippen molar-refractivity contribution in [2.45, 2.75) is 23.6 Å². The summed E-state index contributed by atoms with van der Waals surface area (Å²) in [5.41, 5.74) is 0. The summed E-state index contributed by atoms with van der Waals surface area (Å²) in [4.78, 5) is 0.104. The van der Waals surface area contributed by atoms with Crippen LogP contribution in [0.3, 0.4) is 0 Å². The zero-order valence-electron chi connectivity index (χ0n) is 14.1. The van der Waals surface area contributed by atoms with Crippen LogP contribution in [-0.4, -0.2) is 55.8 Å². The van der Waals surface area contributed by atoms with E-state index in [1.165, 1.54) is 39.3 Å². The lowest BCUT2D eigenvalue weighted by molar-refractivity contribution is 0.312. The summed E-state index contributed by atoms with van der Waals surface area (Å²) in [5, 5.41) is 1.99. The highest BCUT2D eigenvalue weighted by molar-refractivity contribution is 7.92. The van der Waals surface area contributed by atoms with Crippen LogP contribution < -0.4 is 14.8 Å². The first-order valence-corrected chi connectivity index (χ1v) is 10.5. The Bertz CT molecular complexity index is 744. The number of benzene rings is 1. The van der Waals surface area contributed by atoms with Gasteiger partial charge in [-0.25, -0.2) is 8.42 Å². The molecule has 0 amide bonds. The van der Waals surface area contributed by atoms with Crippen LogP contribution in [0.1, 0.15) is 13.3 Å². The second-order valence-electron chi connectivity index (χ2n) is 5.04. The van der Waals surface area contributed by atoms with Crippen molar-refractivity contribution in [1.82, 2.24) is 5.32 Å². The predicted molar refractivity (Wildman–Crippen MR) is 89.6 cm³/mol. The standard InChI is InChI=1S/C14H23NO7S2/c1-11(15-8-5-9-22-23(4,16)17)24(18,19)12-6-7-13(20-2)14(10-12)21-3/h6-7,10-11,15H,5,8-9H2,1-4H3. The van der Waals surface area contributed by atoms with Crippen LogP contribution in [0.2, 0.25) is 0 Å². The Hall–Kier alpha value is -1.36. The number of sulfone groups is 1. The zero-order valence-corrected chi connectivity index (χ0v) is 15.7. The smallest absolute Gasteiger partial charge is 0.264 e. The quantitative estimate of drug-likeness (QED) is 0.468. The van der Waals surface area contributed by atoms with Gasteiger partial charge in [-0.05, 0) is 32.0 Å². The Morgan fingerprint density at radius 1 is 1.08 bits per heavy atom. The van der Waals surface area contributed by atoms with Gasteiger partial charge in [-0.1, -0.05) is 0 Å². The van der Waals surface area contributed by atoms with Crippen LogP contribution in [0.5, 0.6) is 11.5 Å². The van der Waals surface area contributed by atoms with Crippen molar-refractivity contribution in [3.8, 4) is 11.5 Å². The molecule has 0 saturated heterocycles. The summed E-state index contributed by atoms with van der Waals surface area (Å²) in [6.07, 6.45) is 1.32. The van der Waals surface area contributed by atoms with Gasteiger partial charge in [-0.3, -0.25) is 4.18 Å². The highest BCUT2D eigenvalue weighted by atomic mass is 32.2. The van der Waals surface area contributed by atoms with Gasteiger partial charge in [0.05, 0.1) is 32.0 Å². The topological polar surface area (TPSA) is 108 Å². The van der Waals surface area contributed by atoms with Crippen LogP contribution in [0.4, 0.5) is 0 Å². The fourth-order valence-electron chi connectivity index (χ4n) is 1.90. The summed E-state index contributed by atoms with van der Waals surface area (Å²) in [6.45, 7) is 1.81. The lowest BCUT2D eigenvalue weighted by atomic mass is 10.3. The Morgan fingerprint density at radius 2 is 1.71 bits per heavy atom. The van der Waals surface area contributed by atoms with E-state index in [0.29, 0.717) is 24.5 Å². The third-order valence-corrected chi connectivity index (χ3v) is 5.80. The molecule has 8 nitrogen and oxygen atoms in total. The van der Waals surface area contributed by atoms with E-state index in [0.717, 1.165) is 6.26 Å². The number of hydrogen-bond acceptors (Lipinski definition) is 8. The Morgan fingerprint density at radius 3 is 2.25 bits per heavy atom. The molecule has 1 aromatic rings. The number of methoxy groups -OCH3 is 2. The zero-order chi connectivity index (χ0) is 18.4. The van der Waals surface area contributed by atoms with Gasteiger partial charge in [-0.2, -0.15) is 8.42 Å². The molecule has 0 aromatic heterocycles. The molecule has 0 bridgehead atoms. The Kier molecular flexibility index (Phi) is 7.46. The molecule has 0 radical (unpaired) electrons. The number of hydrogen-bond donors (Lipinski definition) is 1. The van der Waals surface area contributed by atoms with Crippen LogP contribution in [0.15, 0.2) is 23.1 Å². The maximum Gasteiger partial charge on any atom is 0.264 e. The molecular weight excluding hydrogens is 358 g/mol. The van der Waals surface area contributed by atoms with Crippen molar-refractivity contribution < 1.29 is 30.5 Å². The van der Waals surface area contributed by atoms with Crippen LogP contribution in [0.25, 0.3) is 0 Å². The summed E-state index contributed by atoms with van der Waals surface area (Å²) < 4.78 is 61.5. The maximum atomic E-state index is 12.5. The van der Waals surface area contributed by atoms with E-state index in [-0.39, 0.29) is 11.5 Å². The average molecular weight is 381 g/mol. The van der Waals surface area contributed by atoms with E-state index in [1.54, 1.807) is 0 Å². The third kappa shape index (κ3) is 5.93. The first kappa shape index (κ1) is 20.7.